The Morgan fingerprint density at radius 2 is 2.00 bits per heavy atom. The lowest BCUT2D eigenvalue weighted by Crippen LogP contribution is -2.33. The van der Waals surface area contributed by atoms with Crippen molar-refractivity contribution in [3.05, 3.63) is 74.6 Å². The summed E-state index contributed by atoms with van der Waals surface area (Å²) in [4.78, 5) is 45.7. The number of carbonyl (C=O) groups excluding carboxylic acids is 1. The molecule has 0 aliphatic carbocycles. The summed E-state index contributed by atoms with van der Waals surface area (Å²) in [6, 6.07) is 11.3. The van der Waals surface area contributed by atoms with Gasteiger partial charge in [-0.1, -0.05) is 37.3 Å². The first-order valence-electron chi connectivity index (χ1n) is 9.72. The highest BCUT2D eigenvalue weighted by Gasteiger charge is 2.34. The zero-order chi connectivity index (χ0) is 20.5. The number of pyridine rings is 1. The molecule has 3 N–H and O–H groups in total. The van der Waals surface area contributed by atoms with E-state index in [0.29, 0.717) is 25.2 Å². The molecule has 1 aromatic carbocycles. The molecule has 2 aromatic heterocycles. The first-order valence-corrected chi connectivity index (χ1v) is 9.72. The van der Waals surface area contributed by atoms with E-state index in [9.17, 15) is 14.4 Å². The lowest BCUT2D eigenvalue weighted by atomic mass is 9.95. The van der Waals surface area contributed by atoms with E-state index in [2.05, 4.69) is 9.97 Å². The Kier molecular flexibility index (Phi) is 5.02. The van der Waals surface area contributed by atoms with Crippen molar-refractivity contribution in [2.45, 2.75) is 31.8 Å². The highest BCUT2D eigenvalue weighted by atomic mass is 16.2. The number of aromatic nitrogens is 3. The number of likely N-dealkylation sites (tertiary alicyclic amines) is 1. The highest BCUT2D eigenvalue weighted by Crippen LogP contribution is 2.27. The van der Waals surface area contributed by atoms with E-state index in [4.69, 9.17) is 5.73 Å². The van der Waals surface area contributed by atoms with Crippen LogP contribution in [0.1, 0.15) is 35.2 Å². The van der Waals surface area contributed by atoms with Crippen molar-refractivity contribution in [2.24, 2.45) is 5.73 Å². The molecule has 0 spiro atoms. The van der Waals surface area contributed by atoms with Crippen LogP contribution in [0.3, 0.4) is 0 Å². The van der Waals surface area contributed by atoms with Crippen molar-refractivity contribution >= 4 is 16.9 Å². The average molecular weight is 393 g/mol. The number of rotatable bonds is 4. The van der Waals surface area contributed by atoms with Crippen LogP contribution in [0, 0.1) is 0 Å². The topological polar surface area (TPSA) is 114 Å². The summed E-state index contributed by atoms with van der Waals surface area (Å²) in [6.45, 7) is 3.31. The van der Waals surface area contributed by atoms with Crippen LogP contribution >= 0.6 is 0 Å². The van der Waals surface area contributed by atoms with Crippen LogP contribution in [0.5, 0.6) is 0 Å². The monoisotopic (exact) mass is 393 g/mol. The van der Waals surface area contributed by atoms with Crippen LogP contribution in [0.2, 0.25) is 0 Å². The summed E-state index contributed by atoms with van der Waals surface area (Å²) in [7, 11) is 0. The maximum atomic E-state index is 13.1. The molecule has 0 radical (unpaired) electrons. The first-order chi connectivity index (χ1) is 14.0. The fourth-order valence-electron chi connectivity index (χ4n) is 3.95. The molecule has 1 aliphatic heterocycles. The van der Waals surface area contributed by atoms with Gasteiger partial charge in [0.25, 0.3) is 11.5 Å². The zero-order valence-corrected chi connectivity index (χ0v) is 16.2. The van der Waals surface area contributed by atoms with Gasteiger partial charge in [0.1, 0.15) is 5.65 Å². The standard InChI is InChI=1S/C21H23N5O3/c1-2-8-26-18-15(19(27)24-21(26)29)9-14(10-23-18)20(28)25-11-16(17(22)12-25)13-6-4-3-5-7-13/h3-7,9-10,16-17H,2,8,11-12,22H2,1H3,(H,24,27,29)/t16-,17+/m0/s1. The van der Waals surface area contributed by atoms with Gasteiger partial charge in [0, 0.05) is 37.8 Å². The molecule has 4 rings (SSSR count). The van der Waals surface area contributed by atoms with Gasteiger partial charge in [-0.25, -0.2) is 9.78 Å². The third kappa shape index (κ3) is 3.47. The summed E-state index contributed by atoms with van der Waals surface area (Å²) in [5.41, 5.74) is 6.97. The Morgan fingerprint density at radius 1 is 1.24 bits per heavy atom. The number of hydrogen-bond acceptors (Lipinski definition) is 5. The molecule has 0 unspecified atom stereocenters. The van der Waals surface area contributed by atoms with Gasteiger partial charge in [-0.2, -0.15) is 0 Å². The van der Waals surface area contributed by atoms with E-state index in [-0.39, 0.29) is 28.9 Å². The minimum atomic E-state index is -0.542. The van der Waals surface area contributed by atoms with Gasteiger partial charge in [-0.3, -0.25) is 19.1 Å². The minimum Gasteiger partial charge on any atom is -0.336 e. The molecule has 2 atom stereocenters. The molecule has 8 heteroatoms. The number of H-pyrrole nitrogens is 1. The van der Waals surface area contributed by atoms with Crippen LogP contribution in [0.4, 0.5) is 0 Å². The van der Waals surface area contributed by atoms with Crippen LogP contribution < -0.4 is 17.0 Å². The number of aromatic amines is 1. The van der Waals surface area contributed by atoms with Crippen molar-refractivity contribution < 1.29 is 4.79 Å². The summed E-state index contributed by atoms with van der Waals surface area (Å²) < 4.78 is 1.42. The van der Waals surface area contributed by atoms with Crippen LogP contribution in [0.15, 0.2) is 52.2 Å². The van der Waals surface area contributed by atoms with Gasteiger partial charge in [0.15, 0.2) is 0 Å². The van der Waals surface area contributed by atoms with E-state index in [1.165, 1.54) is 16.8 Å². The summed E-state index contributed by atoms with van der Waals surface area (Å²) in [5.74, 6) is -0.160. The van der Waals surface area contributed by atoms with E-state index in [0.717, 1.165) is 12.0 Å². The number of amides is 1. The Bertz CT molecular complexity index is 1170. The van der Waals surface area contributed by atoms with Gasteiger partial charge in [0.05, 0.1) is 10.9 Å². The molecule has 150 valence electrons. The van der Waals surface area contributed by atoms with Crippen LogP contribution in [-0.2, 0) is 6.54 Å². The minimum absolute atomic E-state index is 0.0618. The second-order valence-electron chi connectivity index (χ2n) is 7.40. The summed E-state index contributed by atoms with van der Waals surface area (Å²) in [6.07, 6.45) is 2.15. The van der Waals surface area contributed by atoms with Crippen molar-refractivity contribution in [1.82, 2.24) is 19.4 Å². The number of nitrogens with one attached hydrogen (secondary N) is 1. The van der Waals surface area contributed by atoms with Crippen molar-refractivity contribution in [3.63, 3.8) is 0 Å². The van der Waals surface area contributed by atoms with E-state index in [1.54, 1.807) is 4.90 Å². The first kappa shape index (κ1) is 19.1. The van der Waals surface area contributed by atoms with E-state index in [1.807, 2.05) is 37.3 Å². The lowest BCUT2D eigenvalue weighted by molar-refractivity contribution is 0.0789. The highest BCUT2D eigenvalue weighted by molar-refractivity contribution is 5.97. The molecular formula is C21H23N5O3. The van der Waals surface area contributed by atoms with E-state index < -0.39 is 11.2 Å². The number of nitrogens with two attached hydrogens (primary N) is 1. The molecule has 1 aliphatic rings. The fourth-order valence-corrected chi connectivity index (χ4v) is 3.95. The van der Waals surface area contributed by atoms with Crippen molar-refractivity contribution in [1.29, 1.82) is 0 Å². The number of hydrogen-bond donors (Lipinski definition) is 2. The average Bonchev–Trinajstić information content (AvgIpc) is 3.12. The molecule has 0 bridgehead atoms. The van der Waals surface area contributed by atoms with Crippen LogP contribution in [0.25, 0.3) is 11.0 Å². The Balaban J connectivity index is 1.66. The maximum absolute atomic E-state index is 13.1. The van der Waals surface area contributed by atoms with Gasteiger partial charge in [-0.05, 0) is 18.1 Å². The predicted octanol–water partition coefficient (Wildman–Crippen LogP) is 1.06. The normalized spacial score (nSPS) is 19.0. The molecule has 0 saturated carbocycles. The quantitative estimate of drug-likeness (QED) is 0.688. The third-order valence-electron chi connectivity index (χ3n) is 5.41. The molecule has 1 saturated heterocycles. The number of fused-ring (bicyclic) bond motifs is 1. The van der Waals surface area contributed by atoms with Gasteiger partial charge < -0.3 is 10.6 Å². The Morgan fingerprint density at radius 3 is 2.72 bits per heavy atom. The fraction of sp³-hybridized carbons (Fsp3) is 0.333. The maximum Gasteiger partial charge on any atom is 0.329 e. The molecule has 8 nitrogen and oxygen atoms in total. The number of carbonyl (C=O) groups is 1. The number of aryl methyl sites for hydroxylation is 1. The third-order valence-corrected chi connectivity index (χ3v) is 5.41. The smallest absolute Gasteiger partial charge is 0.329 e. The Labute approximate surface area is 167 Å². The second-order valence-corrected chi connectivity index (χ2v) is 7.40. The van der Waals surface area contributed by atoms with Crippen LogP contribution in [-0.4, -0.2) is 44.5 Å². The lowest BCUT2D eigenvalue weighted by Gasteiger charge is -2.17. The molecule has 3 aromatic rings. The second kappa shape index (κ2) is 7.63. The summed E-state index contributed by atoms with van der Waals surface area (Å²) in [5, 5.41) is 0.229. The Hall–Kier alpha value is -3.26. The van der Waals surface area contributed by atoms with Crippen molar-refractivity contribution in [3.8, 4) is 0 Å². The predicted molar refractivity (Wildman–Crippen MR) is 110 cm³/mol. The molecule has 1 amide bonds. The zero-order valence-electron chi connectivity index (χ0n) is 16.2. The largest absolute Gasteiger partial charge is 0.336 e. The van der Waals surface area contributed by atoms with Gasteiger partial charge in [-0.15, -0.1) is 0 Å². The number of nitrogens with zero attached hydrogens (tertiary/aromatic N) is 3. The molecule has 3 heterocycles. The van der Waals surface area contributed by atoms with E-state index >= 15 is 0 Å². The van der Waals surface area contributed by atoms with Gasteiger partial charge >= 0.3 is 5.69 Å². The number of benzene rings is 1. The molecular weight excluding hydrogens is 370 g/mol. The van der Waals surface area contributed by atoms with Gasteiger partial charge in [0.2, 0.25) is 0 Å². The summed E-state index contributed by atoms with van der Waals surface area (Å²) >= 11 is 0. The van der Waals surface area contributed by atoms with Crippen molar-refractivity contribution in [2.75, 3.05) is 13.1 Å². The molecule has 29 heavy (non-hydrogen) atoms. The molecule has 1 fully saturated rings. The SMILES string of the molecule is CCCn1c(=O)[nH]c(=O)c2cc(C(=O)N3C[C@@H](N)[C@H](c4ccccc4)C3)cnc21.